The minimum Gasteiger partial charge on any atom is -0.477 e. The molecule has 0 unspecified atom stereocenters. The van der Waals surface area contributed by atoms with Gasteiger partial charge in [-0.25, -0.2) is 9.78 Å². The average Bonchev–Trinajstić information content (AvgIpc) is 3.21. The summed E-state index contributed by atoms with van der Waals surface area (Å²) in [7, 11) is 0. The zero-order valence-corrected chi connectivity index (χ0v) is 33.1. The largest absolute Gasteiger partial charge is 0.477 e. The number of pyridine rings is 2. The van der Waals surface area contributed by atoms with Crippen molar-refractivity contribution in [3.05, 3.63) is 187 Å². The number of aromatic nitrogens is 2. The summed E-state index contributed by atoms with van der Waals surface area (Å²) in [5.74, 6) is -0.990. The van der Waals surface area contributed by atoms with E-state index in [0.717, 1.165) is 39.4 Å². The fourth-order valence-electron chi connectivity index (χ4n) is 7.00. The third-order valence-electron chi connectivity index (χ3n) is 9.78. The summed E-state index contributed by atoms with van der Waals surface area (Å²) in [6.07, 6.45) is 3.43. The van der Waals surface area contributed by atoms with Crippen LogP contribution in [0.25, 0.3) is 54.7 Å². The van der Waals surface area contributed by atoms with Crippen molar-refractivity contribution in [3.63, 3.8) is 0 Å². The van der Waals surface area contributed by atoms with Gasteiger partial charge in [-0.2, -0.15) is 0 Å². The molecule has 1 radical (unpaired) electrons. The van der Waals surface area contributed by atoms with Gasteiger partial charge < -0.3 is 15.0 Å². The Morgan fingerprint density at radius 1 is 0.618 bits per heavy atom. The Morgan fingerprint density at radius 2 is 1.20 bits per heavy atom. The quantitative estimate of drug-likeness (QED) is 0.133. The molecule has 0 spiro atoms. The van der Waals surface area contributed by atoms with Crippen LogP contribution in [0.15, 0.2) is 170 Å². The standard InChI is InChI=1S/C43H33N2.C6H5NO2.Ir/c1-43(2,3)34-26-31-15-14-30-18-23-38(39-24-19-32(27-34)41(31)42(30)39)40-25-20-33(28-44-40)29-16-21-37(22-17-29)45(35-10-6-4-7-11-35)36-12-8-5-9-13-36;8-6(9)5-3-1-2-4-7-5;/h4-22,24-28H,1-3H3;1-4H,(H,8,9);/q-1;;. The smallest absolute Gasteiger partial charge is 0.354 e. The van der Waals surface area contributed by atoms with Gasteiger partial charge in [-0.05, 0) is 92.5 Å². The van der Waals surface area contributed by atoms with Gasteiger partial charge in [0.15, 0.2) is 0 Å². The molecule has 0 saturated carbocycles. The van der Waals surface area contributed by atoms with E-state index in [1.165, 1.54) is 50.1 Å². The number of para-hydroxylation sites is 2. The molecule has 0 fully saturated rings. The first-order valence-corrected chi connectivity index (χ1v) is 18.0. The predicted octanol–water partition coefficient (Wildman–Crippen LogP) is 12.7. The van der Waals surface area contributed by atoms with Crippen molar-refractivity contribution in [1.29, 1.82) is 0 Å². The van der Waals surface area contributed by atoms with Crippen LogP contribution in [-0.4, -0.2) is 21.0 Å². The Kier molecular flexibility index (Phi) is 10.6. The van der Waals surface area contributed by atoms with E-state index in [-0.39, 0.29) is 31.2 Å². The van der Waals surface area contributed by atoms with Gasteiger partial charge in [-0.1, -0.05) is 140 Å². The maximum Gasteiger partial charge on any atom is 0.354 e. The molecule has 271 valence electrons. The van der Waals surface area contributed by atoms with Crippen molar-refractivity contribution < 1.29 is 30.0 Å². The number of aromatic carboxylic acids is 1. The molecule has 0 aliphatic rings. The molecule has 0 atom stereocenters. The van der Waals surface area contributed by atoms with Crippen LogP contribution < -0.4 is 4.90 Å². The molecule has 1 N–H and O–H groups in total. The summed E-state index contributed by atoms with van der Waals surface area (Å²) < 4.78 is 0. The molecule has 9 rings (SSSR count). The average molecular weight is 893 g/mol. The Morgan fingerprint density at radius 3 is 1.75 bits per heavy atom. The fraction of sp³-hybridized carbons (Fsp3) is 0.0816. The Bertz CT molecular complexity index is 2640. The molecule has 0 saturated heterocycles. The molecule has 6 heteroatoms. The van der Waals surface area contributed by atoms with Gasteiger partial charge in [0.05, 0.1) is 0 Å². The van der Waals surface area contributed by atoms with Crippen molar-refractivity contribution in [2.45, 2.75) is 26.2 Å². The van der Waals surface area contributed by atoms with Crippen molar-refractivity contribution in [3.8, 4) is 22.4 Å². The molecule has 2 aromatic heterocycles. The van der Waals surface area contributed by atoms with E-state index >= 15 is 0 Å². The molecular weight excluding hydrogens is 855 g/mol. The maximum absolute atomic E-state index is 10.1. The summed E-state index contributed by atoms with van der Waals surface area (Å²) >= 11 is 0. The first-order valence-electron chi connectivity index (χ1n) is 18.0. The van der Waals surface area contributed by atoms with Crippen LogP contribution in [0, 0.1) is 6.07 Å². The normalized spacial score (nSPS) is 11.2. The van der Waals surface area contributed by atoms with E-state index in [9.17, 15) is 4.79 Å². The Labute approximate surface area is 334 Å². The van der Waals surface area contributed by atoms with Gasteiger partial charge >= 0.3 is 5.97 Å². The number of rotatable bonds is 6. The van der Waals surface area contributed by atoms with Gasteiger partial charge in [0, 0.05) is 49.6 Å². The second-order valence-electron chi connectivity index (χ2n) is 14.4. The summed E-state index contributed by atoms with van der Waals surface area (Å²) in [6, 6.07) is 58.2. The maximum atomic E-state index is 10.1. The summed E-state index contributed by atoms with van der Waals surface area (Å²) in [6.45, 7) is 6.84. The van der Waals surface area contributed by atoms with Crippen LogP contribution in [0.1, 0.15) is 36.8 Å². The molecule has 9 aromatic rings. The van der Waals surface area contributed by atoms with Gasteiger partial charge in [0.25, 0.3) is 0 Å². The number of benzene rings is 7. The summed E-state index contributed by atoms with van der Waals surface area (Å²) in [5, 5.41) is 15.9. The molecule has 7 aromatic carbocycles. The van der Waals surface area contributed by atoms with E-state index in [0.29, 0.717) is 0 Å². The molecule has 0 aliphatic heterocycles. The van der Waals surface area contributed by atoms with E-state index in [1.54, 1.807) is 12.1 Å². The summed E-state index contributed by atoms with van der Waals surface area (Å²) in [5.41, 5.74) is 9.09. The molecule has 0 aliphatic carbocycles. The second kappa shape index (κ2) is 15.6. The number of carbonyl (C=O) groups is 1. The first-order chi connectivity index (χ1) is 26.2. The van der Waals surface area contributed by atoms with Crippen LogP contribution in [0.2, 0.25) is 0 Å². The van der Waals surface area contributed by atoms with Crippen LogP contribution in [0.3, 0.4) is 0 Å². The molecular formula is C49H38IrN3O2-. The Balaban J connectivity index is 0.000000411. The zero-order valence-electron chi connectivity index (χ0n) is 30.7. The third kappa shape index (κ3) is 7.61. The minimum atomic E-state index is -0.990. The topological polar surface area (TPSA) is 66.3 Å². The van der Waals surface area contributed by atoms with Gasteiger partial charge in [0.2, 0.25) is 0 Å². The van der Waals surface area contributed by atoms with Crippen LogP contribution >= 0.6 is 0 Å². The SMILES string of the molecule is CC(C)(C)c1cc2ccc3c[c-]c(-c4ccc(-c5ccc(N(c6ccccc6)c6ccccc6)cc5)cn4)c4ccc(c1)c2c34.O=C(O)c1ccccn1.[Ir]. The molecule has 55 heavy (non-hydrogen) atoms. The number of hydrogen-bond donors (Lipinski definition) is 1. The number of anilines is 3. The van der Waals surface area contributed by atoms with E-state index in [2.05, 4.69) is 176 Å². The number of nitrogens with zero attached hydrogens (tertiary/aromatic N) is 3. The van der Waals surface area contributed by atoms with E-state index in [1.807, 2.05) is 6.20 Å². The number of carboxylic acid groups (broad SMARTS) is 1. The monoisotopic (exact) mass is 893 g/mol. The van der Waals surface area contributed by atoms with Crippen LogP contribution in [0.5, 0.6) is 0 Å². The predicted molar refractivity (Wildman–Crippen MR) is 222 cm³/mol. The molecule has 2 heterocycles. The van der Waals surface area contributed by atoms with E-state index < -0.39 is 5.97 Å². The fourth-order valence-corrected chi connectivity index (χ4v) is 7.00. The second-order valence-corrected chi connectivity index (χ2v) is 14.4. The van der Waals surface area contributed by atoms with Gasteiger partial charge in [-0.15, -0.1) is 17.7 Å². The summed E-state index contributed by atoms with van der Waals surface area (Å²) in [4.78, 5) is 21.0. The van der Waals surface area contributed by atoms with E-state index in [4.69, 9.17) is 10.1 Å². The first kappa shape index (κ1) is 37.1. The Hall–Kier alpha value is -6.20. The van der Waals surface area contributed by atoms with Gasteiger partial charge in [-0.3, -0.25) is 0 Å². The van der Waals surface area contributed by atoms with Crippen molar-refractivity contribution in [2.24, 2.45) is 0 Å². The van der Waals surface area contributed by atoms with Crippen molar-refractivity contribution in [2.75, 3.05) is 4.90 Å². The minimum absolute atomic E-state index is 0. The van der Waals surface area contributed by atoms with Crippen LogP contribution in [0.4, 0.5) is 17.1 Å². The third-order valence-corrected chi connectivity index (χ3v) is 9.78. The van der Waals surface area contributed by atoms with Crippen molar-refractivity contribution >= 4 is 55.3 Å². The number of hydrogen-bond acceptors (Lipinski definition) is 4. The zero-order chi connectivity index (χ0) is 37.2. The van der Waals surface area contributed by atoms with Crippen molar-refractivity contribution in [1.82, 2.24) is 9.97 Å². The molecule has 0 amide bonds. The molecule has 0 bridgehead atoms. The number of carboxylic acids is 1. The molecule has 5 nitrogen and oxygen atoms in total. The van der Waals surface area contributed by atoms with Gasteiger partial charge in [0.1, 0.15) is 5.69 Å². The van der Waals surface area contributed by atoms with Crippen LogP contribution in [-0.2, 0) is 25.5 Å².